The van der Waals surface area contributed by atoms with Gasteiger partial charge in [-0.2, -0.15) is 0 Å². The molecule has 0 aliphatic carbocycles. The Morgan fingerprint density at radius 3 is 2.96 bits per heavy atom. The van der Waals surface area contributed by atoms with Crippen LogP contribution in [-0.2, 0) is 16.1 Å². The number of β-amino-alcohol motifs (C(OH)–C–C–N with tert-alkyl or cyclic N) is 1. The molecule has 23 heavy (non-hydrogen) atoms. The van der Waals surface area contributed by atoms with Gasteiger partial charge in [0, 0.05) is 31.7 Å². The van der Waals surface area contributed by atoms with Crippen LogP contribution in [-0.4, -0.2) is 80.6 Å². The molecule has 1 saturated heterocycles. The minimum absolute atomic E-state index is 0.172. The normalized spacial score (nSPS) is 20.8. The van der Waals surface area contributed by atoms with Gasteiger partial charge in [-0.1, -0.05) is 18.2 Å². The first-order valence-electron chi connectivity index (χ1n) is 8.02. The van der Waals surface area contributed by atoms with Crippen LogP contribution in [0.3, 0.4) is 0 Å². The maximum Gasteiger partial charge on any atom is 0.128 e. The summed E-state index contributed by atoms with van der Waals surface area (Å²) < 4.78 is 24.6. The number of aliphatic hydroxyl groups excluding tert-OH is 1. The van der Waals surface area contributed by atoms with Crippen molar-refractivity contribution in [1.29, 1.82) is 0 Å². The second-order valence-corrected chi connectivity index (χ2v) is 6.27. The molecule has 1 aromatic carbocycles. The van der Waals surface area contributed by atoms with Crippen molar-refractivity contribution in [1.82, 2.24) is 9.80 Å². The summed E-state index contributed by atoms with van der Waals surface area (Å²) in [7, 11) is 4.04. The standard InChI is InChI=1S/C17H27FN2O3/c1-19(2)10-16-11-20(7-8-23-16)9-15(21)13-22-12-14-5-3-4-6-17(14)18/h3-6,15-16,21H,7-13H2,1-2H3/t15-,16+/m1/s1. The second kappa shape index (κ2) is 9.30. The molecule has 0 radical (unpaired) electrons. The average molecular weight is 326 g/mol. The average Bonchev–Trinajstić information content (AvgIpc) is 2.49. The Kier molecular flexibility index (Phi) is 7.39. The molecule has 2 rings (SSSR count). The van der Waals surface area contributed by atoms with Crippen molar-refractivity contribution < 1.29 is 19.0 Å². The zero-order valence-electron chi connectivity index (χ0n) is 13.9. The van der Waals surface area contributed by atoms with E-state index in [1.165, 1.54) is 6.07 Å². The molecule has 0 unspecified atom stereocenters. The molecule has 130 valence electrons. The van der Waals surface area contributed by atoms with E-state index in [1.54, 1.807) is 18.2 Å². The molecule has 0 amide bonds. The Balaban J connectivity index is 1.68. The first-order chi connectivity index (χ1) is 11.0. The highest BCUT2D eigenvalue weighted by molar-refractivity contribution is 5.16. The van der Waals surface area contributed by atoms with Gasteiger partial charge in [-0.15, -0.1) is 0 Å². The van der Waals surface area contributed by atoms with E-state index in [9.17, 15) is 9.50 Å². The molecule has 0 aromatic heterocycles. The lowest BCUT2D eigenvalue weighted by molar-refractivity contribution is -0.0585. The third kappa shape index (κ3) is 6.53. The van der Waals surface area contributed by atoms with Gasteiger partial charge in [0.05, 0.1) is 32.0 Å². The lowest BCUT2D eigenvalue weighted by atomic mass is 10.2. The van der Waals surface area contributed by atoms with Crippen molar-refractivity contribution in [2.75, 3.05) is 53.5 Å². The summed E-state index contributed by atoms with van der Waals surface area (Å²) in [5.74, 6) is -0.276. The molecule has 0 spiro atoms. The van der Waals surface area contributed by atoms with Gasteiger partial charge in [-0.05, 0) is 20.2 Å². The third-order valence-electron chi connectivity index (χ3n) is 3.79. The minimum atomic E-state index is -0.583. The molecule has 5 nitrogen and oxygen atoms in total. The number of halogens is 1. The van der Waals surface area contributed by atoms with E-state index < -0.39 is 6.10 Å². The highest BCUT2D eigenvalue weighted by atomic mass is 19.1. The highest BCUT2D eigenvalue weighted by Gasteiger charge is 2.22. The smallest absolute Gasteiger partial charge is 0.128 e. The van der Waals surface area contributed by atoms with Crippen molar-refractivity contribution in [3.05, 3.63) is 35.6 Å². The Labute approximate surface area is 137 Å². The van der Waals surface area contributed by atoms with E-state index in [0.29, 0.717) is 18.7 Å². The summed E-state index contributed by atoms with van der Waals surface area (Å²) >= 11 is 0. The predicted octanol–water partition coefficient (Wildman–Crippen LogP) is 0.966. The van der Waals surface area contributed by atoms with Gasteiger partial charge in [0.1, 0.15) is 5.82 Å². The fourth-order valence-corrected chi connectivity index (χ4v) is 2.74. The molecular formula is C17H27FN2O3. The van der Waals surface area contributed by atoms with Gasteiger partial charge in [-0.25, -0.2) is 4.39 Å². The first kappa shape index (κ1) is 18.3. The Bertz CT molecular complexity index is 473. The van der Waals surface area contributed by atoms with Gasteiger partial charge >= 0.3 is 0 Å². The molecule has 6 heteroatoms. The summed E-state index contributed by atoms with van der Waals surface area (Å²) in [6.07, 6.45) is -0.412. The summed E-state index contributed by atoms with van der Waals surface area (Å²) in [5.41, 5.74) is 0.511. The third-order valence-corrected chi connectivity index (χ3v) is 3.79. The number of morpholine rings is 1. The van der Waals surface area contributed by atoms with Gasteiger partial charge in [0.15, 0.2) is 0 Å². The van der Waals surface area contributed by atoms with Crippen LogP contribution in [0.2, 0.25) is 0 Å². The lowest BCUT2D eigenvalue weighted by Crippen LogP contribution is -2.49. The monoisotopic (exact) mass is 326 g/mol. The van der Waals surface area contributed by atoms with E-state index in [-0.39, 0.29) is 25.1 Å². The SMILES string of the molecule is CN(C)C[C@H]1CN(C[C@@H](O)COCc2ccccc2F)CCO1. The fourth-order valence-electron chi connectivity index (χ4n) is 2.74. The van der Waals surface area contributed by atoms with E-state index >= 15 is 0 Å². The Morgan fingerprint density at radius 1 is 1.43 bits per heavy atom. The van der Waals surface area contributed by atoms with Gasteiger partial charge in [0.2, 0.25) is 0 Å². The van der Waals surface area contributed by atoms with Crippen LogP contribution in [0.1, 0.15) is 5.56 Å². The number of benzene rings is 1. The van der Waals surface area contributed by atoms with Crippen LogP contribution in [0.15, 0.2) is 24.3 Å². The van der Waals surface area contributed by atoms with E-state index in [2.05, 4.69) is 9.80 Å². The van der Waals surface area contributed by atoms with Gasteiger partial charge in [0.25, 0.3) is 0 Å². The van der Waals surface area contributed by atoms with Crippen molar-refractivity contribution in [3.8, 4) is 0 Å². The fraction of sp³-hybridized carbons (Fsp3) is 0.647. The topological polar surface area (TPSA) is 45.2 Å². The molecular weight excluding hydrogens is 299 g/mol. The van der Waals surface area contributed by atoms with Crippen LogP contribution in [0.5, 0.6) is 0 Å². The van der Waals surface area contributed by atoms with Crippen molar-refractivity contribution in [2.24, 2.45) is 0 Å². The molecule has 0 bridgehead atoms. The minimum Gasteiger partial charge on any atom is -0.389 e. The lowest BCUT2D eigenvalue weighted by Gasteiger charge is -2.35. The highest BCUT2D eigenvalue weighted by Crippen LogP contribution is 2.09. The summed E-state index contributed by atoms with van der Waals surface area (Å²) in [5, 5.41) is 10.1. The molecule has 1 N–H and O–H groups in total. The van der Waals surface area contributed by atoms with Crippen LogP contribution >= 0.6 is 0 Å². The van der Waals surface area contributed by atoms with Crippen LogP contribution in [0.4, 0.5) is 4.39 Å². The Morgan fingerprint density at radius 2 is 2.22 bits per heavy atom. The van der Waals surface area contributed by atoms with Crippen LogP contribution in [0.25, 0.3) is 0 Å². The molecule has 1 aliphatic rings. The molecule has 1 aromatic rings. The maximum atomic E-state index is 13.5. The zero-order chi connectivity index (χ0) is 16.7. The summed E-state index contributed by atoms with van der Waals surface area (Å²) in [4.78, 5) is 4.29. The second-order valence-electron chi connectivity index (χ2n) is 6.27. The van der Waals surface area contributed by atoms with Gasteiger partial charge in [-0.3, -0.25) is 4.90 Å². The molecule has 0 saturated carbocycles. The number of hydrogen-bond donors (Lipinski definition) is 1. The quantitative estimate of drug-likeness (QED) is 0.771. The Hall–Kier alpha value is -1.05. The largest absolute Gasteiger partial charge is 0.389 e. The summed E-state index contributed by atoms with van der Waals surface area (Å²) in [6.45, 7) is 4.10. The molecule has 1 fully saturated rings. The predicted molar refractivity (Wildman–Crippen MR) is 86.8 cm³/mol. The van der Waals surface area contributed by atoms with Crippen LogP contribution < -0.4 is 0 Å². The van der Waals surface area contributed by atoms with Crippen LogP contribution in [0, 0.1) is 5.82 Å². The number of ether oxygens (including phenoxy) is 2. The summed E-state index contributed by atoms with van der Waals surface area (Å²) in [6, 6.07) is 6.52. The number of hydrogen-bond acceptors (Lipinski definition) is 5. The van der Waals surface area contributed by atoms with Gasteiger partial charge < -0.3 is 19.5 Å². The number of rotatable bonds is 8. The van der Waals surface area contributed by atoms with Crippen molar-refractivity contribution in [2.45, 2.75) is 18.8 Å². The van der Waals surface area contributed by atoms with E-state index in [1.807, 2.05) is 14.1 Å². The first-order valence-corrected chi connectivity index (χ1v) is 8.02. The number of nitrogens with zero attached hydrogens (tertiary/aromatic N) is 2. The van der Waals surface area contributed by atoms with Crippen molar-refractivity contribution >= 4 is 0 Å². The molecule has 1 heterocycles. The number of aliphatic hydroxyl groups is 1. The molecule has 2 atom stereocenters. The number of likely N-dealkylation sites (N-methyl/N-ethyl adjacent to an activating group) is 1. The van der Waals surface area contributed by atoms with E-state index in [4.69, 9.17) is 9.47 Å². The maximum absolute atomic E-state index is 13.5. The van der Waals surface area contributed by atoms with Crippen molar-refractivity contribution in [3.63, 3.8) is 0 Å². The van der Waals surface area contributed by atoms with E-state index in [0.717, 1.165) is 19.6 Å². The molecule has 1 aliphatic heterocycles. The zero-order valence-corrected chi connectivity index (χ0v) is 13.9.